The van der Waals surface area contributed by atoms with E-state index < -0.39 is 18.3 Å². The maximum Gasteiger partial charge on any atom is 0.0994 e. The van der Waals surface area contributed by atoms with E-state index in [1.165, 1.54) is 0 Å². The van der Waals surface area contributed by atoms with Crippen LogP contribution < -0.4 is 0 Å². The molecular weight excluding hydrogens is 196 g/mol. The van der Waals surface area contributed by atoms with E-state index in [1.807, 2.05) is 19.0 Å². The lowest BCUT2D eigenvalue weighted by Gasteiger charge is -2.45. The van der Waals surface area contributed by atoms with Crippen molar-refractivity contribution in [3.63, 3.8) is 0 Å². The Balaban J connectivity index is 2.14. The van der Waals surface area contributed by atoms with Crippen molar-refractivity contribution in [3.05, 3.63) is 0 Å². The zero-order valence-corrected chi connectivity index (χ0v) is 9.24. The summed E-state index contributed by atoms with van der Waals surface area (Å²) in [5.74, 6) is 0. The van der Waals surface area contributed by atoms with Crippen LogP contribution in [0.4, 0.5) is 0 Å². The minimum absolute atomic E-state index is 0.0541. The van der Waals surface area contributed by atoms with Crippen LogP contribution in [0.5, 0.6) is 0 Å². The standard InChI is InChI=1S/C10H20N2O3/c1-11(2)6-5-12-4-3-7(13)8(12)10(15)9(6)14/h6-10,13-15H,3-5H2,1-2H3/t6-,7?,8?,9+,10+/m0/s1. The highest BCUT2D eigenvalue weighted by Crippen LogP contribution is 2.29. The highest BCUT2D eigenvalue weighted by molar-refractivity contribution is 5.03. The van der Waals surface area contributed by atoms with Gasteiger partial charge in [-0.3, -0.25) is 4.90 Å². The second kappa shape index (κ2) is 3.99. The molecule has 0 spiro atoms. The lowest BCUT2D eigenvalue weighted by molar-refractivity contribution is -0.118. The average molecular weight is 216 g/mol. The zero-order valence-electron chi connectivity index (χ0n) is 9.24. The van der Waals surface area contributed by atoms with Crippen LogP contribution in [0.15, 0.2) is 0 Å². The normalized spacial score (nSPS) is 47.2. The fourth-order valence-electron chi connectivity index (χ4n) is 2.76. The summed E-state index contributed by atoms with van der Waals surface area (Å²) in [6.45, 7) is 1.52. The van der Waals surface area contributed by atoms with E-state index in [9.17, 15) is 15.3 Å². The van der Waals surface area contributed by atoms with Crippen LogP contribution in [0, 0.1) is 0 Å². The summed E-state index contributed by atoms with van der Waals surface area (Å²) >= 11 is 0. The second-order valence-corrected chi connectivity index (χ2v) is 4.85. The van der Waals surface area contributed by atoms with Crippen molar-refractivity contribution >= 4 is 0 Å². The summed E-state index contributed by atoms with van der Waals surface area (Å²) < 4.78 is 0. The summed E-state index contributed by atoms with van der Waals surface area (Å²) in [7, 11) is 3.79. The number of likely N-dealkylation sites (N-methyl/N-ethyl adjacent to an activating group) is 1. The molecule has 15 heavy (non-hydrogen) atoms. The summed E-state index contributed by atoms with van der Waals surface area (Å²) in [5.41, 5.74) is 0. The first-order valence-corrected chi connectivity index (χ1v) is 5.47. The van der Waals surface area contributed by atoms with Gasteiger partial charge in [0.15, 0.2) is 0 Å². The Morgan fingerprint density at radius 1 is 1.13 bits per heavy atom. The molecule has 0 aromatic rings. The Morgan fingerprint density at radius 3 is 2.40 bits per heavy atom. The molecule has 5 nitrogen and oxygen atoms in total. The van der Waals surface area contributed by atoms with Gasteiger partial charge in [0.05, 0.1) is 30.4 Å². The van der Waals surface area contributed by atoms with Crippen molar-refractivity contribution in [2.24, 2.45) is 0 Å². The smallest absolute Gasteiger partial charge is 0.0994 e. The number of rotatable bonds is 1. The first-order chi connectivity index (χ1) is 7.02. The summed E-state index contributed by atoms with van der Waals surface area (Å²) in [5, 5.41) is 29.6. The van der Waals surface area contributed by atoms with Crippen LogP contribution in [-0.2, 0) is 0 Å². The SMILES string of the molecule is CN(C)[C@H]1CN2CCC(O)C2[C@@H](O)[C@@H]1O. The lowest BCUT2D eigenvalue weighted by Crippen LogP contribution is -2.64. The van der Waals surface area contributed by atoms with Gasteiger partial charge in [-0.1, -0.05) is 0 Å². The number of hydrogen-bond acceptors (Lipinski definition) is 5. The van der Waals surface area contributed by atoms with E-state index >= 15 is 0 Å². The highest BCUT2D eigenvalue weighted by Gasteiger charge is 2.48. The fraction of sp³-hybridized carbons (Fsp3) is 1.00. The molecule has 0 bridgehead atoms. The van der Waals surface area contributed by atoms with E-state index in [4.69, 9.17) is 0 Å². The van der Waals surface area contributed by atoms with Crippen molar-refractivity contribution in [2.75, 3.05) is 27.2 Å². The number of hydrogen-bond donors (Lipinski definition) is 3. The first-order valence-electron chi connectivity index (χ1n) is 5.47. The largest absolute Gasteiger partial charge is 0.391 e. The van der Waals surface area contributed by atoms with Gasteiger partial charge in [0.1, 0.15) is 0 Å². The van der Waals surface area contributed by atoms with E-state index in [2.05, 4.69) is 4.90 Å². The van der Waals surface area contributed by atoms with Gasteiger partial charge in [0.2, 0.25) is 0 Å². The Bertz CT molecular complexity index is 237. The maximum atomic E-state index is 9.96. The molecular formula is C10H20N2O3. The third-order valence-electron chi connectivity index (χ3n) is 3.71. The molecule has 2 rings (SSSR count). The van der Waals surface area contributed by atoms with Gasteiger partial charge in [0, 0.05) is 13.1 Å². The Labute approximate surface area is 89.9 Å². The van der Waals surface area contributed by atoms with Gasteiger partial charge >= 0.3 is 0 Å². The molecule has 0 aliphatic carbocycles. The van der Waals surface area contributed by atoms with Crippen molar-refractivity contribution in [2.45, 2.75) is 36.8 Å². The van der Waals surface area contributed by atoms with E-state index in [1.54, 1.807) is 0 Å². The highest BCUT2D eigenvalue weighted by atomic mass is 16.3. The molecule has 2 aliphatic heterocycles. The van der Waals surface area contributed by atoms with Crippen LogP contribution in [0.3, 0.4) is 0 Å². The predicted molar refractivity (Wildman–Crippen MR) is 55.5 cm³/mol. The second-order valence-electron chi connectivity index (χ2n) is 4.85. The molecule has 0 radical (unpaired) electrons. The summed E-state index contributed by atoms with van der Waals surface area (Å²) in [4.78, 5) is 4.00. The minimum Gasteiger partial charge on any atom is -0.391 e. The Kier molecular flexibility index (Phi) is 3.00. The molecule has 0 saturated carbocycles. The topological polar surface area (TPSA) is 67.2 Å². The summed E-state index contributed by atoms with van der Waals surface area (Å²) in [6.07, 6.45) is -1.43. The van der Waals surface area contributed by atoms with Gasteiger partial charge in [-0.15, -0.1) is 0 Å². The Morgan fingerprint density at radius 2 is 1.80 bits per heavy atom. The molecule has 2 fully saturated rings. The van der Waals surface area contributed by atoms with Crippen molar-refractivity contribution < 1.29 is 15.3 Å². The molecule has 0 amide bonds. The molecule has 3 N–H and O–H groups in total. The fourth-order valence-corrected chi connectivity index (χ4v) is 2.76. The molecule has 2 unspecified atom stereocenters. The quantitative estimate of drug-likeness (QED) is 0.477. The molecule has 2 aliphatic rings. The molecule has 0 aromatic carbocycles. The minimum atomic E-state index is -0.844. The predicted octanol–water partition coefficient (Wildman–Crippen LogP) is -1.91. The van der Waals surface area contributed by atoms with Gasteiger partial charge < -0.3 is 20.2 Å². The molecule has 0 aromatic heterocycles. The Hall–Kier alpha value is -0.200. The number of nitrogens with zero attached hydrogens (tertiary/aromatic N) is 2. The van der Waals surface area contributed by atoms with Gasteiger partial charge in [-0.2, -0.15) is 0 Å². The van der Waals surface area contributed by atoms with Crippen molar-refractivity contribution in [3.8, 4) is 0 Å². The number of fused-ring (bicyclic) bond motifs is 1. The number of piperidine rings is 1. The molecule has 88 valence electrons. The van der Waals surface area contributed by atoms with E-state index in [0.717, 1.165) is 6.54 Å². The lowest BCUT2D eigenvalue weighted by atomic mass is 9.91. The van der Waals surface area contributed by atoms with Crippen LogP contribution >= 0.6 is 0 Å². The van der Waals surface area contributed by atoms with Crippen LogP contribution in [-0.4, -0.2) is 82.7 Å². The van der Waals surface area contributed by atoms with Crippen LogP contribution in [0.25, 0.3) is 0 Å². The van der Waals surface area contributed by atoms with Gasteiger partial charge in [-0.05, 0) is 20.5 Å². The molecule has 2 saturated heterocycles. The molecule has 2 heterocycles. The van der Waals surface area contributed by atoms with Crippen molar-refractivity contribution in [1.29, 1.82) is 0 Å². The zero-order chi connectivity index (χ0) is 11.2. The molecule has 5 heteroatoms. The third kappa shape index (κ3) is 1.79. The average Bonchev–Trinajstić information content (AvgIpc) is 2.53. The van der Waals surface area contributed by atoms with Gasteiger partial charge in [0.25, 0.3) is 0 Å². The maximum absolute atomic E-state index is 9.96. The van der Waals surface area contributed by atoms with E-state index in [0.29, 0.717) is 13.0 Å². The van der Waals surface area contributed by atoms with Crippen molar-refractivity contribution in [1.82, 2.24) is 9.80 Å². The van der Waals surface area contributed by atoms with Crippen LogP contribution in [0.1, 0.15) is 6.42 Å². The summed E-state index contributed by atoms with van der Waals surface area (Å²) in [6, 6.07) is -0.335. The van der Waals surface area contributed by atoms with E-state index in [-0.39, 0.29) is 12.1 Å². The third-order valence-corrected chi connectivity index (χ3v) is 3.71. The van der Waals surface area contributed by atoms with Gasteiger partial charge in [-0.25, -0.2) is 0 Å². The number of aliphatic hydroxyl groups is 3. The monoisotopic (exact) mass is 216 g/mol. The molecule has 5 atom stereocenters. The number of aliphatic hydroxyl groups excluding tert-OH is 3. The first kappa shape index (κ1) is 11.3. The van der Waals surface area contributed by atoms with Crippen LogP contribution in [0.2, 0.25) is 0 Å².